The molecule has 0 rings (SSSR count). The van der Waals surface area contributed by atoms with Crippen molar-refractivity contribution >= 4 is 11.9 Å². The monoisotopic (exact) mass is 1040 g/mol. The van der Waals surface area contributed by atoms with Crippen LogP contribution in [0, 0.1) is 0 Å². The number of ether oxygens (including phenoxy) is 1. The zero-order chi connectivity index (χ0) is 53.6. The summed E-state index contributed by atoms with van der Waals surface area (Å²) < 4.78 is 5.42. The average molecular weight is 1040 g/mol. The molecule has 0 bridgehead atoms. The van der Waals surface area contributed by atoms with Crippen LogP contribution in [-0.2, 0) is 14.3 Å². The van der Waals surface area contributed by atoms with E-state index in [0.29, 0.717) is 25.9 Å². The summed E-state index contributed by atoms with van der Waals surface area (Å²) in [4.78, 5) is 24.6. The molecule has 0 aromatic carbocycles. The fourth-order valence-electron chi connectivity index (χ4n) is 10.7. The molecule has 0 radical (unpaired) electrons. The number of carbonyl (C=O) groups is 2. The van der Waals surface area contributed by atoms with Gasteiger partial charge in [-0.05, 0) is 44.9 Å². The Morgan fingerprint density at radius 1 is 0.378 bits per heavy atom. The summed E-state index contributed by atoms with van der Waals surface area (Å²) in [5.41, 5.74) is 0. The third-order valence-corrected chi connectivity index (χ3v) is 15.8. The standard InChI is InChI=1S/C68H131NO5/c1-3-5-7-9-11-13-15-17-18-19-20-21-22-24-27-30-33-37-40-44-48-52-56-60-66(71)65(64-70)69-67(72)61-57-53-49-45-41-38-34-31-28-25-23-26-29-32-35-39-43-47-51-55-59-63-74-68(73)62-58-54-50-46-42-36-16-14-12-10-8-6-4-2/h39,43,51,55,65-66,70-71H,3-38,40-42,44-50,52-54,56-64H2,1-2H3,(H,69,72)/b43-39-,55-51-. The van der Waals surface area contributed by atoms with E-state index in [1.54, 1.807) is 0 Å². The SMILES string of the molecule is CCCCCCCCCCCCCCCCCCCCCCCCCC(O)C(CO)NC(=O)CCCCCCCCCCCCCCCC/C=C\C/C=C\CCOC(=O)CCCCCCCCCCCCCCC. The Bertz CT molecular complexity index is 1150. The largest absolute Gasteiger partial charge is 0.465 e. The molecule has 6 nitrogen and oxygen atoms in total. The lowest BCUT2D eigenvalue weighted by atomic mass is 10.0. The van der Waals surface area contributed by atoms with Gasteiger partial charge >= 0.3 is 5.97 Å². The highest BCUT2D eigenvalue weighted by atomic mass is 16.5. The van der Waals surface area contributed by atoms with Crippen molar-refractivity contribution in [2.75, 3.05) is 13.2 Å². The second-order valence-corrected chi connectivity index (χ2v) is 23.2. The number of aliphatic hydroxyl groups is 2. The normalized spacial score (nSPS) is 12.6. The fourth-order valence-corrected chi connectivity index (χ4v) is 10.7. The minimum atomic E-state index is -0.669. The molecular formula is C68H131NO5. The van der Waals surface area contributed by atoms with Crippen LogP contribution in [0.3, 0.4) is 0 Å². The van der Waals surface area contributed by atoms with Gasteiger partial charge in [0, 0.05) is 12.8 Å². The molecule has 438 valence electrons. The Morgan fingerprint density at radius 3 is 1.03 bits per heavy atom. The number of carbonyl (C=O) groups excluding carboxylic acids is 2. The number of amides is 1. The lowest BCUT2D eigenvalue weighted by molar-refractivity contribution is -0.143. The minimum Gasteiger partial charge on any atom is -0.465 e. The minimum absolute atomic E-state index is 0.0328. The zero-order valence-electron chi connectivity index (χ0n) is 50.1. The second-order valence-electron chi connectivity index (χ2n) is 23.2. The summed E-state index contributed by atoms with van der Waals surface area (Å²) in [5.74, 6) is -0.0682. The molecule has 74 heavy (non-hydrogen) atoms. The van der Waals surface area contributed by atoms with Gasteiger partial charge in [-0.1, -0.05) is 340 Å². The first-order valence-corrected chi connectivity index (χ1v) is 33.6. The molecule has 0 heterocycles. The Labute approximate surface area is 462 Å². The van der Waals surface area contributed by atoms with Gasteiger partial charge in [0.25, 0.3) is 0 Å². The third kappa shape index (κ3) is 59.6. The predicted molar refractivity (Wildman–Crippen MR) is 324 cm³/mol. The summed E-state index contributed by atoms with van der Waals surface area (Å²) in [6.45, 7) is 4.88. The summed E-state index contributed by atoms with van der Waals surface area (Å²) in [6, 6.07) is -0.546. The second kappa shape index (κ2) is 63.9. The zero-order valence-corrected chi connectivity index (χ0v) is 50.1. The van der Waals surface area contributed by atoms with Crippen LogP contribution < -0.4 is 5.32 Å². The molecule has 0 saturated heterocycles. The molecule has 0 fully saturated rings. The quantitative estimate of drug-likeness (QED) is 0.0320. The van der Waals surface area contributed by atoms with Crippen LogP contribution in [0.4, 0.5) is 0 Å². The molecule has 0 saturated carbocycles. The maximum atomic E-state index is 12.5. The van der Waals surface area contributed by atoms with Crippen LogP contribution in [0.2, 0.25) is 0 Å². The van der Waals surface area contributed by atoms with E-state index in [4.69, 9.17) is 4.74 Å². The van der Waals surface area contributed by atoms with Gasteiger partial charge in [-0.25, -0.2) is 0 Å². The molecule has 0 aliphatic carbocycles. The van der Waals surface area contributed by atoms with Gasteiger partial charge in [0.05, 0.1) is 25.4 Å². The molecule has 0 aromatic heterocycles. The van der Waals surface area contributed by atoms with Crippen molar-refractivity contribution in [3.63, 3.8) is 0 Å². The van der Waals surface area contributed by atoms with Crippen LogP contribution >= 0.6 is 0 Å². The van der Waals surface area contributed by atoms with E-state index in [0.717, 1.165) is 51.4 Å². The highest BCUT2D eigenvalue weighted by Crippen LogP contribution is 2.19. The van der Waals surface area contributed by atoms with Gasteiger partial charge in [-0.3, -0.25) is 9.59 Å². The molecule has 6 heteroatoms. The summed E-state index contributed by atoms with van der Waals surface area (Å²) in [7, 11) is 0. The first kappa shape index (κ1) is 72.3. The van der Waals surface area contributed by atoms with E-state index in [-0.39, 0.29) is 18.5 Å². The molecule has 0 aliphatic heterocycles. The topological polar surface area (TPSA) is 95.9 Å². The molecule has 3 N–H and O–H groups in total. The summed E-state index contributed by atoms with van der Waals surface area (Å²) in [5, 5.41) is 23.4. The third-order valence-electron chi connectivity index (χ3n) is 15.8. The molecular weight excluding hydrogens is 911 g/mol. The molecule has 0 aliphatic rings. The number of aliphatic hydroxyl groups excluding tert-OH is 2. The highest BCUT2D eigenvalue weighted by molar-refractivity contribution is 5.76. The molecule has 1 amide bonds. The molecule has 2 unspecified atom stereocenters. The van der Waals surface area contributed by atoms with E-state index in [1.807, 2.05) is 0 Å². The van der Waals surface area contributed by atoms with E-state index in [9.17, 15) is 19.8 Å². The van der Waals surface area contributed by atoms with Gasteiger partial charge in [0.1, 0.15) is 0 Å². The van der Waals surface area contributed by atoms with Crippen molar-refractivity contribution in [3.8, 4) is 0 Å². The fraction of sp³-hybridized carbons (Fsp3) is 0.912. The van der Waals surface area contributed by atoms with E-state index in [1.165, 1.54) is 289 Å². The van der Waals surface area contributed by atoms with Crippen molar-refractivity contribution in [2.45, 2.75) is 386 Å². The predicted octanol–water partition coefficient (Wildman–Crippen LogP) is 21.4. The van der Waals surface area contributed by atoms with Gasteiger partial charge in [0.15, 0.2) is 0 Å². The molecule has 0 spiro atoms. The van der Waals surface area contributed by atoms with E-state index >= 15 is 0 Å². The van der Waals surface area contributed by atoms with Gasteiger partial charge in [0.2, 0.25) is 5.91 Å². The van der Waals surface area contributed by atoms with Crippen molar-refractivity contribution in [1.82, 2.24) is 5.32 Å². The smallest absolute Gasteiger partial charge is 0.305 e. The van der Waals surface area contributed by atoms with Crippen molar-refractivity contribution in [3.05, 3.63) is 24.3 Å². The van der Waals surface area contributed by atoms with Crippen LogP contribution in [0.25, 0.3) is 0 Å². The van der Waals surface area contributed by atoms with Gasteiger partial charge in [-0.2, -0.15) is 0 Å². The molecule has 0 aromatic rings. The Hall–Kier alpha value is -1.66. The number of hydrogen-bond acceptors (Lipinski definition) is 5. The van der Waals surface area contributed by atoms with Crippen molar-refractivity contribution in [1.29, 1.82) is 0 Å². The first-order chi connectivity index (χ1) is 36.5. The van der Waals surface area contributed by atoms with Gasteiger partial charge in [-0.15, -0.1) is 0 Å². The number of allylic oxidation sites excluding steroid dienone is 3. The van der Waals surface area contributed by atoms with Crippen molar-refractivity contribution in [2.24, 2.45) is 0 Å². The Kier molecular flexibility index (Phi) is 62.4. The van der Waals surface area contributed by atoms with Crippen LogP contribution in [0.15, 0.2) is 24.3 Å². The maximum Gasteiger partial charge on any atom is 0.305 e. The maximum absolute atomic E-state index is 12.5. The Morgan fingerprint density at radius 2 is 0.676 bits per heavy atom. The number of nitrogens with one attached hydrogen (secondary N) is 1. The summed E-state index contributed by atoms with van der Waals surface area (Å²) in [6.07, 6.45) is 79.4. The van der Waals surface area contributed by atoms with Crippen LogP contribution in [0.1, 0.15) is 373 Å². The lowest BCUT2D eigenvalue weighted by Crippen LogP contribution is -2.45. The number of rotatable bonds is 63. The van der Waals surface area contributed by atoms with Crippen LogP contribution in [0.5, 0.6) is 0 Å². The van der Waals surface area contributed by atoms with E-state index < -0.39 is 12.1 Å². The lowest BCUT2D eigenvalue weighted by Gasteiger charge is -2.22. The van der Waals surface area contributed by atoms with Crippen LogP contribution in [-0.4, -0.2) is 47.4 Å². The van der Waals surface area contributed by atoms with Gasteiger partial charge < -0.3 is 20.3 Å². The summed E-state index contributed by atoms with van der Waals surface area (Å²) >= 11 is 0. The number of hydrogen-bond donors (Lipinski definition) is 3. The Balaban J connectivity index is 3.44. The first-order valence-electron chi connectivity index (χ1n) is 33.6. The van der Waals surface area contributed by atoms with Crippen molar-refractivity contribution < 1.29 is 24.5 Å². The average Bonchev–Trinajstić information content (AvgIpc) is 3.40. The number of esters is 1. The highest BCUT2D eigenvalue weighted by Gasteiger charge is 2.20. The van der Waals surface area contributed by atoms with E-state index in [2.05, 4.69) is 43.5 Å². The molecule has 2 atom stereocenters. The number of unbranched alkanes of at least 4 members (excludes halogenated alkanes) is 48.